The number of anilines is 1. The van der Waals surface area contributed by atoms with Crippen LogP contribution in [-0.2, 0) is 0 Å². The van der Waals surface area contributed by atoms with E-state index in [-0.39, 0.29) is 0 Å². The molecule has 0 radical (unpaired) electrons. The molecule has 2 rings (SSSR count). The Morgan fingerprint density at radius 1 is 1.59 bits per heavy atom. The van der Waals surface area contributed by atoms with Gasteiger partial charge in [-0.25, -0.2) is 0 Å². The van der Waals surface area contributed by atoms with Crippen molar-refractivity contribution in [3.8, 4) is 0 Å². The summed E-state index contributed by atoms with van der Waals surface area (Å²) in [6.45, 7) is 2.15. The van der Waals surface area contributed by atoms with Crippen LogP contribution in [0, 0.1) is 5.92 Å². The van der Waals surface area contributed by atoms with Gasteiger partial charge >= 0.3 is 0 Å². The molecule has 1 atom stereocenters. The molecule has 92 valence electrons. The molecule has 1 unspecified atom stereocenters. The molecule has 1 aromatic carbocycles. The molecule has 17 heavy (non-hydrogen) atoms. The minimum absolute atomic E-state index is 0.427. The monoisotopic (exact) mass is 252 g/mol. The molecule has 1 aliphatic carbocycles. The van der Waals surface area contributed by atoms with E-state index in [1.54, 1.807) is 18.2 Å². The van der Waals surface area contributed by atoms with Crippen LogP contribution >= 0.6 is 11.6 Å². The van der Waals surface area contributed by atoms with E-state index in [4.69, 9.17) is 17.3 Å². The van der Waals surface area contributed by atoms with E-state index < -0.39 is 5.91 Å². The highest BCUT2D eigenvalue weighted by Gasteiger charge is 2.30. The first kappa shape index (κ1) is 12.2. The van der Waals surface area contributed by atoms with Gasteiger partial charge in [-0.1, -0.05) is 18.5 Å². The van der Waals surface area contributed by atoms with Crippen LogP contribution < -0.4 is 11.1 Å². The molecule has 1 amide bonds. The molecule has 1 aromatic rings. The normalized spacial score (nSPS) is 16.6. The lowest BCUT2D eigenvalue weighted by molar-refractivity contribution is 0.100. The lowest BCUT2D eigenvalue weighted by atomic mass is 10.1. The Kier molecular flexibility index (Phi) is 3.57. The Morgan fingerprint density at radius 3 is 2.82 bits per heavy atom. The van der Waals surface area contributed by atoms with Gasteiger partial charge in [-0.15, -0.1) is 0 Å². The molecule has 1 aliphatic rings. The number of carbonyl (C=O) groups excluding carboxylic acids is 1. The number of primary amides is 1. The van der Waals surface area contributed by atoms with Crippen molar-refractivity contribution in [3.63, 3.8) is 0 Å². The van der Waals surface area contributed by atoms with Crippen molar-refractivity contribution in [2.24, 2.45) is 11.7 Å². The first-order chi connectivity index (χ1) is 8.11. The van der Waals surface area contributed by atoms with Gasteiger partial charge in [0.2, 0.25) is 5.91 Å². The topological polar surface area (TPSA) is 55.1 Å². The van der Waals surface area contributed by atoms with Gasteiger partial charge in [0.1, 0.15) is 0 Å². The Balaban J connectivity index is 2.18. The zero-order valence-electron chi connectivity index (χ0n) is 9.87. The zero-order valence-corrected chi connectivity index (χ0v) is 10.6. The second kappa shape index (κ2) is 4.96. The van der Waals surface area contributed by atoms with Crippen LogP contribution in [-0.4, -0.2) is 11.9 Å². The average Bonchev–Trinajstić information content (AvgIpc) is 3.11. The lowest BCUT2D eigenvalue weighted by Crippen LogP contribution is -2.21. The summed E-state index contributed by atoms with van der Waals surface area (Å²) in [5.74, 6) is 0.317. The van der Waals surface area contributed by atoms with Gasteiger partial charge in [0, 0.05) is 11.6 Å². The van der Waals surface area contributed by atoms with Gasteiger partial charge in [-0.3, -0.25) is 4.79 Å². The number of nitrogens with two attached hydrogens (primary N) is 1. The molecule has 1 saturated carbocycles. The summed E-state index contributed by atoms with van der Waals surface area (Å²) < 4.78 is 0. The maximum Gasteiger partial charge on any atom is 0.248 e. The summed E-state index contributed by atoms with van der Waals surface area (Å²) in [6.07, 6.45) is 3.61. The number of halogens is 1. The summed E-state index contributed by atoms with van der Waals surface area (Å²) in [5, 5.41) is 4.05. The predicted molar refractivity (Wildman–Crippen MR) is 70.4 cm³/mol. The first-order valence-electron chi connectivity index (χ1n) is 5.97. The average molecular weight is 253 g/mol. The van der Waals surface area contributed by atoms with E-state index in [0.717, 1.165) is 18.0 Å². The highest BCUT2D eigenvalue weighted by atomic mass is 35.5. The highest BCUT2D eigenvalue weighted by molar-refractivity contribution is 6.33. The molecule has 1 fully saturated rings. The van der Waals surface area contributed by atoms with E-state index >= 15 is 0 Å². The fourth-order valence-corrected chi connectivity index (χ4v) is 2.21. The number of benzene rings is 1. The molecule has 0 spiro atoms. The van der Waals surface area contributed by atoms with Gasteiger partial charge < -0.3 is 11.1 Å². The summed E-state index contributed by atoms with van der Waals surface area (Å²) in [4.78, 5) is 11.1. The fraction of sp³-hybridized carbons (Fsp3) is 0.462. The predicted octanol–water partition coefficient (Wildman–Crippen LogP) is 3.04. The fourth-order valence-electron chi connectivity index (χ4n) is 2.04. The third-order valence-electron chi connectivity index (χ3n) is 3.22. The molecule has 0 saturated heterocycles. The van der Waals surface area contributed by atoms with E-state index in [9.17, 15) is 4.79 Å². The molecular weight excluding hydrogens is 236 g/mol. The Hall–Kier alpha value is -1.22. The van der Waals surface area contributed by atoms with E-state index in [0.29, 0.717) is 16.6 Å². The molecule has 0 heterocycles. The van der Waals surface area contributed by atoms with Crippen molar-refractivity contribution in [2.45, 2.75) is 32.2 Å². The summed E-state index contributed by atoms with van der Waals surface area (Å²) in [5.41, 5.74) is 6.55. The van der Waals surface area contributed by atoms with E-state index in [2.05, 4.69) is 12.2 Å². The molecule has 3 nitrogen and oxygen atoms in total. The van der Waals surface area contributed by atoms with E-state index in [1.807, 2.05) is 0 Å². The van der Waals surface area contributed by atoms with Gasteiger partial charge in [0.25, 0.3) is 0 Å². The van der Waals surface area contributed by atoms with Gasteiger partial charge in [-0.2, -0.15) is 0 Å². The third-order valence-corrected chi connectivity index (χ3v) is 3.55. The van der Waals surface area contributed by atoms with E-state index in [1.165, 1.54) is 12.8 Å². The summed E-state index contributed by atoms with van der Waals surface area (Å²) >= 11 is 6.11. The largest absolute Gasteiger partial charge is 0.381 e. The smallest absolute Gasteiger partial charge is 0.248 e. The number of hydrogen-bond donors (Lipinski definition) is 2. The third kappa shape index (κ3) is 2.91. The minimum Gasteiger partial charge on any atom is -0.381 e. The minimum atomic E-state index is -0.427. The second-order valence-corrected chi connectivity index (χ2v) is 4.96. The number of amides is 1. The van der Waals surface area contributed by atoms with Crippen LogP contribution in [0.2, 0.25) is 5.02 Å². The molecule has 3 N–H and O–H groups in total. The van der Waals surface area contributed by atoms with Crippen LogP contribution in [0.4, 0.5) is 5.69 Å². The molecular formula is C13H17ClN2O. The molecule has 0 bridgehead atoms. The zero-order chi connectivity index (χ0) is 12.4. The number of nitrogens with one attached hydrogen (secondary N) is 1. The molecule has 0 aromatic heterocycles. The van der Waals surface area contributed by atoms with Gasteiger partial charge in [0.05, 0.1) is 10.7 Å². The van der Waals surface area contributed by atoms with Crippen molar-refractivity contribution in [3.05, 3.63) is 28.8 Å². The standard InChI is InChI=1S/C13H17ClN2O/c1-2-11(8-3-4-8)16-12-7-9(13(15)17)5-6-10(12)14/h5-8,11,16H,2-4H2,1H3,(H2,15,17). The van der Waals surface area contributed by atoms with Crippen molar-refractivity contribution in [1.29, 1.82) is 0 Å². The Morgan fingerprint density at radius 2 is 2.29 bits per heavy atom. The molecule has 4 heteroatoms. The van der Waals surface area contributed by atoms with Gasteiger partial charge in [0.15, 0.2) is 0 Å². The van der Waals surface area contributed by atoms with Crippen molar-refractivity contribution in [2.75, 3.05) is 5.32 Å². The number of hydrogen-bond acceptors (Lipinski definition) is 2. The van der Waals surface area contributed by atoms with Crippen LogP contribution in [0.3, 0.4) is 0 Å². The maximum absolute atomic E-state index is 11.1. The lowest BCUT2D eigenvalue weighted by Gasteiger charge is -2.19. The number of rotatable bonds is 5. The maximum atomic E-state index is 11.1. The second-order valence-electron chi connectivity index (χ2n) is 4.56. The SMILES string of the molecule is CCC(Nc1cc(C(N)=O)ccc1Cl)C1CC1. The van der Waals surface area contributed by atoms with Crippen LogP contribution in [0.5, 0.6) is 0 Å². The molecule has 0 aliphatic heterocycles. The Labute approximate surface area is 106 Å². The quantitative estimate of drug-likeness (QED) is 0.846. The first-order valence-corrected chi connectivity index (χ1v) is 6.35. The van der Waals surface area contributed by atoms with Gasteiger partial charge in [-0.05, 0) is 43.4 Å². The van der Waals surface area contributed by atoms with Crippen molar-refractivity contribution >= 4 is 23.2 Å². The summed E-state index contributed by atoms with van der Waals surface area (Å²) in [7, 11) is 0. The van der Waals surface area contributed by atoms with Crippen LogP contribution in [0.15, 0.2) is 18.2 Å². The summed E-state index contributed by atoms with van der Waals surface area (Å²) in [6, 6.07) is 5.53. The van der Waals surface area contributed by atoms with Crippen LogP contribution in [0.1, 0.15) is 36.5 Å². The Bertz CT molecular complexity index is 429. The van der Waals surface area contributed by atoms with Crippen molar-refractivity contribution < 1.29 is 4.79 Å². The number of carbonyl (C=O) groups is 1. The van der Waals surface area contributed by atoms with Crippen LogP contribution in [0.25, 0.3) is 0 Å². The van der Waals surface area contributed by atoms with Crippen molar-refractivity contribution in [1.82, 2.24) is 0 Å². The highest BCUT2D eigenvalue weighted by Crippen LogP contribution is 2.36.